The zero-order valence-corrected chi connectivity index (χ0v) is 10.5. The van der Waals surface area contributed by atoms with Crippen molar-refractivity contribution < 1.29 is 9.59 Å². The van der Waals surface area contributed by atoms with Crippen molar-refractivity contribution >= 4 is 11.8 Å². The Kier molecular flexibility index (Phi) is 7.71. The Labute approximate surface area is 102 Å². The van der Waals surface area contributed by atoms with Gasteiger partial charge in [0, 0.05) is 25.2 Å². The molecule has 0 aliphatic carbocycles. The summed E-state index contributed by atoms with van der Waals surface area (Å²) in [5.41, 5.74) is 0. The lowest BCUT2D eigenvalue weighted by Gasteiger charge is -2.17. The fourth-order valence-electron chi connectivity index (χ4n) is 1.22. The molecule has 0 saturated carbocycles. The maximum absolute atomic E-state index is 11.0. The molecule has 5 heteroatoms. The van der Waals surface area contributed by atoms with Gasteiger partial charge in [0.25, 0.3) is 0 Å². The molecule has 2 amide bonds. The van der Waals surface area contributed by atoms with Gasteiger partial charge >= 0.3 is 0 Å². The Balaban J connectivity index is 3.68. The lowest BCUT2D eigenvalue weighted by atomic mass is 10.3. The highest BCUT2D eigenvalue weighted by molar-refractivity contribution is 5.87. The fraction of sp³-hybridized carbons (Fsp3) is 0.500. The highest BCUT2D eigenvalue weighted by Gasteiger charge is 2.06. The summed E-state index contributed by atoms with van der Waals surface area (Å²) in [6, 6.07) is 0.0330. The Morgan fingerprint density at radius 3 is 1.65 bits per heavy atom. The predicted molar refractivity (Wildman–Crippen MR) is 68.5 cm³/mol. The largest absolute Gasteiger partial charge is 0.349 e. The number of carbonyl (C=O) groups excluding carboxylic acids is 2. The average Bonchev–Trinajstić information content (AvgIpc) is 2.28. The Morgan fingerprint density at radius 1 is 1.00 bits per heavy atom. The Bertz CT molecular complexity index is 261. The van der Waals surface area contributed by atoms with Crippen LogP contribution >= 0.6 is 0 Å². The average molecular weight is 239 g/mol. The van der Waals surface area contributed by atoms with E-state index in [9.17, 15) is 9.59 Å². The molecule has 5 nitrogen and oxygen atoms in total. The lowest BCUT2D eigenvalue weighted by molar-refractivity contribution is -0.117. The van der Waals surface area contributed by atoms with Crippen LogP contribution in [0.25, 0.3) is 0 Å². The van der Waals surface area contributed by atoms with Gasteiger partial charge in [0.1, 0.15) is 0 Å². The van der Waals surface area contributed by atoms with E-state index in [1.165, 1.54) is 12.2 Å². The molecule has 0 bridgehead atoms. The summed E-state index contributed by atoms with van der Waals surface area (Å²) in [4.78, 5) is 22.0. The third-order valence-corrected chi connectivity index (χ3v) is 2.05. The maximum Gasteiger partial charge on any atom is 0.243 e. The fourth-order valence-corrected chi connectivity index (χ4v) is 1.22. The summed E-state index contributed by atoms with van der Waals surface area (Å²) in [6.45, 7) is 11.8. The SMILES string of the molecule is C=CC(=O)NC(C)CNCC(C)NC(=O)C=C. The molecule has 0 radical (unpaired) electrons. The van der Waals surface area contributed by atoms with Crippen LogP contribution in [0.1, 0.15) is 13.8 Å². The van der Waals surface area contributed by atoms with Crippen LogP contribution in [0.15, 0.2) is 25.3 Å². The monoisotopic (exact) mass is 239 g/mol. The summed E-state index contributed by atoms with van der Waals surface area (Å²) in [5.74, 6) is -0.375. The second-order valence-corrected chi connectivity index (χ2v) is 3.89. The third kappa shape index (κ3) is 8.21. The normalized spacial score (nSPS) is 13.3. The summed E-state index contributed by atoms with van der Waals surface area (Å²) >= 11 is 0. The standard InChI is InChI=1S/C12H21N3O2/c1-5-11(16)14-9(3)7-13-8-10(4)15-12(17)6-2/h5-6,9-10,13H,1-2,7-8H2,3-4H3,(H,14,16)(H,15,17). The van der Waals surface area contributed by atoms with Crippen molar-refractivity contribution in [3.63, 3.8) is 0 Å². The molecule has 0 fully saturated rings. The van der Waals surface area contributed by atoms with Crippen molar-refractivity contribution in [3.8, 4) is 0 Å². The highest BCUT2D eigenvalue weighted by atomic mass is 16.2. The molecule has 0 heterocycles. The third-order valence-electron chi connectivity index (χ3n) is 2.05. The van der Waals surface area contributed by atoms with Gasteiger partial charge in [0.2, 0.25) is 11.8 Å². The summed E-state index contributed by atoms with van der Waals surface area (Å²) < 4.78 is 0. The van der Waals surface area contributed by atoms with Crippen LogP contribution in [0, 0.1) is 0 Å². The first-order chi connectivity index (χ1) is 7.99. The van der Waals surface area contributed by atoms with Gasteiger partial charge in [-0.3, -0.25) is 9.59 Å². The zero-order valence-electron chi connectivity index (χ0n) is 10.5. The molecule has 0 aromatic carbocycles. The van der Waals surface area contributed by atoms with Crippen LogP contribution in [0.3, 0.4) is 0 Å². The van der Waals surface area contributed by atoms with Crippen LogP contribution < -0.4 is 16.0 Å². The molecule has 17 heavy (non-hydrogen) atoms. The highest BCUT2D eigenvalue weighted by Crippen LogP contribution is 1.83. The van der Waals surface area contributed by atoms with E-state index in [2.05, 4.69) is 29.1 Å². The van der Waals surface area contributed by atoms with Crippen LogP contribution in [-0.2, 0) is 9.59 Å². The van der Waals surface area contributed by atoms with Gasteiger partial charge in [-0.15, -0.1) is 0 Å². The molecular formula is C12H21N3O2. The van der Waals surface area contributed by atoms with Crippen LogP contribution in [0.2, 0.25) is 0 Å². The number of carbonyl (C=O) groups is 2. The summed E-state index contributed by atoms with van der Waals surface area (Å²) in [6.07, 6.45) is 2.48. The van der Waals surface area contributed by atoms with Gasteiger partial charge in [0.15, 0.2) is 0 Å². The van der Waals surface area contributed by atoms with Crippen molar-refractivity contribution in [2.45, 2.75) is 25.9 Å². The van der Waals surface area contributed by atoms with Gasteiger partial charge in [-0.25, -0.2) is 0 Å². The van der Waals surface area contributed by atoms with Gasteiger partial charge in [0.05, 0.1) is 0 Å². The molecule has 0 aliphatic heterocycles. The second kappa shape index (κ2) is 8.52. The Morgan fingerprint density at radius 2 is 1.35 bits per heavy atom. The minimum absolute atomic E-state index is 0.0165. The van der Waals surface area contributed by atoms with Crippen molar-refractivity contribution in [3.05, 3.63) is 25.3 Å². The van der Waals surface area contributed by atoms with E-state index < -0.39 is 0 Å². The smallest absolute Gasteiger partial charge is 0.243 e. The van der Waals surface area contributed by atoms with E-state index in [1.807, 2.05) is 13.8 Å². The van der Waals surface area contributed by atoms with E-state index >= 15 is 0 Å². The number of nitrogens with one attached hydrogen (secondary N) is 3. The summed E-state index contributed by atoms with van der Waals surface area (Å²) in [7, 11) is 0. The van der Waals surface area contributed by atoms with Crippen LogP contribution in [0.4, 0.5) is 0 Å². The van der Waals surface area contributed by atoms with Crippen molar-refractivity contribution in [2.75, 3.05) is 13.1 Å². The molecule has 96 valence electrons. The maximum atomic E-state index is 11.0. The molecule has 0 rings (SSSR count). The van der Waals surface area contributed by atoms with Crippen LogP contribution in [0.5, 0.6) is 0 Å². The van der Waals surface area contributed by atoms with Crippen molar-refractivity contribution in [2.24, 2.45) is 0 Å². The molecule has 2 unspecified atom stereocenters. The van der Waals surface area contributed by atoms with Crippen molar-refractivity contribution in [1.29, 1.82) is 0 Å². The first-order valence-corrected chi connectivity index (χ1v) is 5.56. The number of hydrogen-bond acceptors (Lipinski definition) is 3. The molecule has 0 spiro atoms. The molecule has 0 aromatic heterocycles. The summed E-state index contributed by atoms with van der Waals surface area (Å²) in [5, 5.41) is 8.61. The van der Waals surface area contributed by atoms with E-state index in [4.69, 9.17) is 0 Å². The molecule has 3 N–H and O–H groups in total. The van der Waals surface area contributed by atoms with E-state index in [1.54, 1.807) is 0 Å². The van der Waals surface area contributed by atoms with Crippen molar-refractivity contribution in [1.82, 2.24) is 16.0 Å². The van der Waals surface area contributed by atoms with Crippen LogP contribution in [-0.4, -0.2) is 37.0 Å². The van der Waals surface area contributed by atoms with E-state index in [-0.39, 0.29) is 23.9 Å². The quantitative estimate of drug-likeness (QED) is 0.520. The Hall–Kier alpha value is -1.62. The molecule has 0 aliphatic rings. The molecule has 0 aromatic rings. The second-order valence-electron chi connectivity index (χ2n) is 3.89. The topological polar surface area (TPSA) is 70.2 Å². The minimum Gasteiger partial charge on any atom is -0.349 e. The van der Waals surface area contributed by atoms with E-state index in [0.717, 1.165) is 0 Å². The first-order valence-electron chi connectivity index (χ1n) is 5.56. The lowest BCUT2D eigenvalue weighted by Crippen LogP contribution is -2.44. The predicted octanol–water partition coefficient (Wildman–Crippen LogP) is -0.0426. The minimum atomic E-state index is -0.188. The van der Waals surface area contributed by atoms with E-state index in [0.29, 0.717) is 13.1 Å². The molecule has 2 atom stereocenters. The number of rotatable bonds is 8. The first kappa shape index (κ1) is 15.4. The van der Waals surface area contributed by atoms with Gasteiger partial charge in [-0.1, -0.05) is 13.2 Å². The number of hydrogen-bond donors (Lipinski definition) is 3. The van der Waals surface area contributed by atoms with Gasteiger partial charge in [-0.2, -0.15) is 0 Å². The zero-order chi connectivity index (χ0) is 13.3. The molecular weight excluding hydrogens is 218 g/mol. The molecule has 0 saturated heterocycles. The van der Waals surface area contributed by atoms with Gasteiger partial charge < -0.3 is 16.0 Å². The van der Waals surface area contributed by atoms with Gasteiger partial charge in [-0.05, 0) is 26.0 Å². The number of amides is 2.